The number of carbonyl (C=O) groups is 1. The lowest BCUT2D eigenvalue weighted by Gasteiger charge is -2.29. The zero-order chi connectivity index (χ0) is 19.6. The van der Waals surface area contributed by atoms with E-state index in [-0.39, 0.29) is 17.9 Å². The van der Waals surface area contributed by atoms with Crippen LogP contribution in [0, 0.1) is 5.92 Å². The van der Waals surface area contributed by atoms with Gasteiger partial charge in [-0.05, 0) is 53.5 Å². The molecule has 5 rings (SSSR count). The Bertz CT molecular complexity index is 1050. The zero-order valence-corrected chi connectivity index (χ0v) is 16.9. The van der Waals surface area contributed by atoms with E-state index < -0.39 is 0 Å². The Kier molecular flexibility index (Phi) is 4.86. The third-order valence-corrected chi connectivity index (χ3v) is 6.58. The van der Waals surface area contributed by atoms with E-state index in [0.29, 0.717) is 0 Å². The molecule has 2 aliphatic rings. The average molecular weight is 399 g/mol. The van der Waals surface area contributed by atoms with E-state index in [2.05, 4.69) is 42.5 Å². The van der Waals surface area contributed by atoms with Gasteiger partial charge in [-0.25, -0.2) is 5.01 Å². The molecule has 2 atom stereocenters. The molecule has 29 heavy (non-hydrogen) atoms. The monoisotopic (exact) mass is 398 g/mol. The molecule has 144 valence electrons. The van der Waals surface area contributed by atoms with Crippen LogP contribution in [0.25, 0.3) is 6.08 Å². The summed E-state index contributed by atoms with van der Waals surface area (Å²) in [6, 6.07) is 24.5. The lowest BCUT2D eigenvalue weighted by atomic mass is 9.77. The summed E-state index contributed by atoms with van der Waals surface area (Å²) in [5.74, 6) is 0.236. The summed E-state index contributed by atoms with van der Waals surface area (Å²) < 4.78 is 0. The largest absolute Gasteiger partial charge is 0.284 e. The standard InChI is InChI=1S/C25H22N2OS/c28-25(22-15-8-16-29-22)27-24(19-11-5-2-6-12-19)21-14-7-13-20(23(21)26-27)17-18-9-3-1-4-10-18/h1-6,8-12,15-17,21,24H,7,13-14H2/b20-17-. The number of fused-ring (bicyclic) bond motifs is 1. The highest BCUT2D eigenvalue weighted by molar-refractivity contribution is 7.12. The minimum absolute atomic E-state index is 0.00480. The quantitative estimate of drug-likeness (QED) is 0.518. The molecule has 1 aliphatic heterocycles. The summed E-state index contributed by atoms with van der Waals surface area (Å²) in [6.07, 6.45) is 5.42. The predicted molar refractivity (Wildman–Crippen MR) is 119 cm³/mol. The lowest BCUT2D eigenvalue weighted by Crippen LogP contribution is -2.31. The number of nitrogens with zero attached hydrogens (tertiary/aromatic N) is 2. The van der Waals surface area contributed by atoms with Crippen LogP contribution >= 0.6 is 11.3 Å². The lowest BCUT2D eigenvalue weighted by molar-refractivity contribution is 0.0686. The molecule has 0 N–H and O–H groups in total. The van der Waals surface area contributed by atoms with Crippen LogP contribution in [0.2, 0.25) is 0 Å². The third-order valence-electron chi connectivity index (χ3n) is 5.72. The summed E-state index contributed by atoms with van der Waals surface area (Å²) in [4.78, 5) is 14.0. The molecule has 1 amide bonds. The summed E-state index contributed by atoms with van der Waals surface area (Å²) in [6.45, 7) is 0. The topological polar surface area (TPSA) is 32.7 Å². The van der Waals surface area contributed by atoms with E-state index in [1.165, 1.54) is 22.5 Å². The van der Waals surface area contributed by atoms with Crippen molar-refractivity contribution >= 4 is 29.0 Å². The number of benzene rings is 2. The predicted octanol–water partition coefficient (Wildman–Crippen LogP) is 6.18. The fourth-order valence-corrected chi connectivity index (χ4v) is 5.07. The van der Waals surface area contributed by atoms with Crippen molar-refractivity contribution in [2.75, 3.05) is 0 Å². The fraction of sp³-hybridized carbons (Fsp3) is 0.200. The van der Waals surface area contributed by atoms with Crippen LogP contribution in [0.5, 0.6) is 0 Å². The second kappa shape index (κ2) is 7.80. The van der Waals surface area contributed by atoms with Crippen molar-refractivity contribution in [2.24, 2.45) is 11.0 Å². The first-order chi connectivity index (χ1) is 14.3. The third kappa shape index (κ3) is 3.45. The van der Waals surface area contributed by atoms with E-state index in [9.17, 15) is 4.79 Å². The molecule has 0 spiro atoms. The number of amides is 1. The second-order valence-electron chi connectivity index (χ2n) is 7.55. The van der Waals surface area contributed by atoms with Crippen molar-refractivity contribution in [3.8, 4) is 0 Å². The van der Waals surface area contributed by atoms with Gasteiger partial charge >= 0.3 is 0 Å². The Balaban J connectivity index is 1.58. The van der Waals surface area contributed by atoms with Gasteiger partial charge in [-0.15, -0.1) is 11.3 Å². The van der Waals surface area contributed by atoms with E-state index in [1.54, 1.807) is 5.01 Å². The van der Waals surface area contributed by atoms with Crippen LogP contribution in [-0.4, -0.2) is 16.6 Å². The Morgan fingerprint density at radius 1 is 1.00 bits per heavy atom. The number of allylic oxidation sites excluding steroid dienone is 1. The molecule has 1 fully saturated rings. The molecular formula is C25H22N2OS. The van der Waals surface area contributed by atoms with Crippen LogP contribution < -0.4 is 0 Å². The van der Waals surface area contributed by atoms with Gasteiger partial charge in [-0.1, -0.05) is 66.7 Å². The Morgan fingerprint density at radius 3 is 2.48 bits per heavy atom. The number of carbonyl (C=O) groups excluding carboxylic acids is 1. The number of hydrogen-bond acceptors (Lipinski definition) is 3. The number of hydrazone groups is 1. The molecule has 1 aromatic heterocycles. The van der Waals surface area contributed by atoms with Gasteiger partial charge in [0.15, 0.2) is 0 Å². The first-order valence-electron chi connectivity index (χ1n) is 10.1. The summed E-state index contributed by atoms with van der Waals surface area (Å²) in [5, 5.41) is 8.63. The maximum absolute atomic E-state index is 13.3. The van der Waals surface area contributed by atoms with E-state index in [0.717, 1.165) is 35.4 Å². The molecule has 4 heteroatoms. The molecule has 2 heterocycles. The molecule has 0 radical (unpaired) electrons. The maximum Gasteiger partial charge on any atom is 0.284 e. The second-order valence-corrected chi connectivity index (χ2v) is 8.49. The van der Waals surface area contributed by atoms with Crippen molar-refractivity contribution in [1.82, 2.24) is 5.01 Å². The highest BCUT2D eigenvalue weighted by Crippen LogP contribution is 2.45. The molecule has 2 unspecified atom stereocenters. The first-order valence-corrected chi connectivity index (χ1v) is 11.0. The van der Waals surface area contributed by atoms with E-state index >= 15 is 0 Å². The van der Waals surface area contributed by atoms with Crippen LogP contribution in [0.15, 0.2) is 88.9 Å². The van der Waals surface area contributed by atoms with Crippen molar-refractivity contribution < 1.29 is 4.79 Å². The first kappa shape index (κ1) is 18.1. The van der Waals surface area contributed by atoms with E-state index in [4.69, 9.17) is 5.10 Å². The van der Waals surface area contributed by atoms with Crippen LogP contribution in [0.4, 0.5) is 0 Å². The Morgan fingerprint density at radius 2 is 1.76 bits per heavy atom. The van der Waals surface area contributed by atoms with Gasteiger partial charge in [0.2, 0.25) is 0 Å². The molecule has 1 aliphatic carbocycles. The molecule has 1 saturated carbocycles. The molecule has 2 aromatic carbocycles. The molecule has 0 saturated heterocycles. The van der Waals surface area contributed by atoms with Gasteiger partial charge in [0.25, 0.3) is 5.91 Å². The summed E-state index contributed by atoms with van der Waals surface area (Å²) in [7, 11) is 0. The van der Waals surface area contributed by atoms with Crippen molar-refractivity contribution in [3.63, 3.8) is 0 Å². The van der Waals surface area contributed by atoms with E-state index in [1.807, 2.05) is 41.8 Å². The van der Waals surface area contributed by atoms with Gasteiger partial charge in [0.05, 0.1) is 16.6 Å². The highest BCUT2D eigenvalue weighted by Gasteiger charge is 2.44. The Labute approximate surface area is 175 Å². The van der Waals surface area contributed by atoms with Gasteiger partial charge in [0.1, 0.15) is 0 Å². The summed E-state index contributed by atoms with van der Waals surface area (Å²) >= 11 is 1.48. The minimum atomic E-state index is -0.0414. The smallest absolute Gasteiger partial charge is 0.266 e. The zero-order valence-electron chi connectivity index (χ0n) is 16.1. The van der Waals surface area contributed by atoms with Crippen LogP contribution in [-0.2, 0) is 0 Å². The molecule has 3 nitrogen and oxygen atoms in total. The fourth-order valence-electron chi connectivity index (χ4n) is 4.42. The summed E-state index contributed by atoms with van der Waals surface area (Å²) in [5.41, 5.74) is 4.68. The molecule has 0 bridgehead atoms. The number of hydrogen-bond donors (Lipinski definition) is 0. The van der Waals surface area contributed by atoms with Crippen molar-refractivity contribution in [3.05, 3.63) is 99.8 Å². The highest BCUT2D eigenvalue weighted by atomic mass is 32.1. The number of rotatable bonds is 3. The van der Waals surface area contributed by atoms with Crippen molar-refractivity contribution in [1.29, 1.82) is 0 Å². The van der Waals surface area contributed by atoms with Gasteiger partial charge in [0, 0.05) is 5.92 Å². The Hall–Kier alpha value is -2.98. The molecule has 3 aromatic rings. The van der Waals surface area contributed by atoms with Crippen LogP contribution in [0.3, 0.4) is 0 Å². The SMILES string of the molecule is O=C(c1cccs1)N1N=C2/C(=C\c3ccccc3)CCCC2C1c1ccccc1. The number of thiophene rings is 1. The van der Waals surface area contributed by atoms with Gasteiger partial charge in [-0.3, -0.25) is 4.79 Å². The average Bonchev–Trinajstić information content (AvgIpc) is 3.43. The van der Waals surface area contributed by atoms with Gasteiger partial charge in [-0.2, -0.15) is 5.10 Å². The van der Waals surface area contributed by atoms with Crippen LogP contribution in [0.1, 0.15) is 46.1 Å². The van der Waals surface area contributed by atoms with Crippen molar-refractivity contribution in [2.45, 2.75) is 25.3 Å². The molecular weight excluding hydrogens is 376 g/mol. The van der Waals surface area contributed by atoms with Gasteiger partial charge < -0.3 is 0 Å². The minimum Gasteiger partial charge on any atom is -0.266 e. The normalized spacial score (nSPS) is 22.4. The maximum atomic E-state index is 13.3.